The minimum absolute atomic E-state index is 0.0340. The minimum atomic E-state index is -2.93. The largest absolute Gasteiger partial charge is 0.493 e. The molecular weight excluding hydrogens is 373 g/mol. The van der Waals surface area contributed by atoms with Crippen molar-refractivity contribution in [2.24, 2.45) is 0 Å². The monoisotopic (exact) mass is 394 g/mol. The fourth-order valence-corrected chi connectivity index (χ4v) is 2.91. The fraction of sp³-hybridized carbons (Fsp3) is 0.350. The number of anilines is 1. The van der Waals surface area contributed by atoms with E-state index in [9.17, 15) is 18.0 Å². The molecule has 1 aliphatic rings. The van der Waals surface area contributed by atoms with Crippen LogP contribution < -0.4 is 14.8 Å². The number of carbonyl (C=O) groups excluding carboxylic acids is 1. The van der Waals surface area contributed by atoms with E-state index in [4.69, 9.17) is 4.74 Å². The van der Waals surface area contributed by atoms with Crippen LogP contribution in [0.25, 0.3) is 0 Å². The standard InChI is InChI=1S/C20H21F3N2O3/c1-27-18-10-13(2-9-17(18)28-20(22)23)11-25(16-7-8-16)12-19(26)24-15-5-3-14(21)4-6-15/h2-6,9-10,16,20H,7-8,11-12H2,1H3,(H,24,26). The summed E-state index contributed by atoms with van der Waals surface area (Å²) in [5, 5.41) is 2.75. The van der Waals surface area contributed by atoms with Crippen molar-refractivity contribution in [1.82, 2.24) is 4.90 Å². The molecule has 1 amide bonds. The van der Waals surface area contributed by atoms with Gasteiger partial charge in [-0.1, -0.05) is 6.07 Å². The van der Waals surface area contributed by atoms with Crippen LogP contribution in [-0.2, 0) is 11.3 Å². The van der Waals surface area contributed by atoms with Crippen molar-refractivity contribution < 1.29 is 27.4 Å². The first-order valence-corrected chi connectivity index (χ1v) is 8.86. The lowest BCUT2D eigenvalue weighted by Crippen LogP contribution is -2.34. The molecule has 3 rings (SSSR count). The molecule has 0 aliphatic heterocycles. The Labute approximate surface area is 161 Å². The van der Waals surface area contributed by atoms with Gasteiger partial charge in [0.1, 0.15) is 5.82 Å². The van der Waals surface area contributed by atoms with Crippen molar-refractivity contribution in [3.63, 3.8) is 0 Å². The number of benzene rings is 2. The second-order valence-corrected chi connectivity index (χ2v) is 6.55. The number of alkyl halides is 2. The summed E-state index contributed by atoms with van der Waals surface area (Å²) >= 11 is 0. The van der Waals surface area contributed by atoms with Gasteiger partial charge in [0.2, 0.25) is 5.91 Å². The third kappa shape index (κ3) is 5.63. The Kier molecular flexibility index (Phi) is 6.41. The number of carbonyl (C=O) groups is 1. The van der Waals surface area contributed by atoms with Crippen molar-refractivity contribution >= 4 is 11.6 Å². The molecular formula is C20H21F3N2O3. The van der Waals surface area contributed by atoms with Gasteiger partial charge < -0.3 is 14.8 Å². The number of halogens is 3. The number of amides is 1. The van der Waals surface area contributed by atoms with Gasteiger partial charge in [-0.05, 0) is 54.8 Å². The SMILES string of the molecule is COc1cc(CN(CC(=O)Nc2ccc(F)cc2)C2CC2)ccc1OC(F)F. The molecule has 0 aromatic heterocycles. The van der Waals surface area contributed by atoms with Gasteiger partial charge in [0.15, 0.2) is 11.5 Å². The molecule has 0 bridgehead atoms. The summed E-state index contributed by atoms with van der Waals surface area (Å²) in [5.41, 5.74) is 1.34. The van der Waals surface area contributed by atoms with Crippen LogP contribution in [0.3, 0.4) is 0 Å². The van der Waals surface area contributed by atoms with Gasteiger partial charge in [-0.15, -0.1) is 0 Å². The van der Waals surface area contributed by atoms with Crippen LogP contribution in [0.2, 0.25) is 0 Å². The molecule has 1 saturated carbocycles. The highest BCUT2D eigenvalue weighted by molar-refractivity contribution is 5.92. The average Bonchev–Trinajstić information content (AvgIpc) is 3.49. The van der Waals surface area contributed by atoms with Crippen LogP contribution in [-0.4, -0.2) is 37.1 Å². The van der Waals surface area contributed by atoms with E-state index in [0.29, 0.717) is 18.3 Å². The second kappa shape index (κ2) is 8.97. The smallest absolute Gasteiger partial charge is 0.387 e. The van der Waals surface area contributed by atoms with Crippen LogP contribution in [0.1, 0.15) is 18.4 Å². The predicted molar refractivity (Wildman–Crippen MR) is 98.1 cm³/mol. The number of rotatable bonds is 9. The van der Waals surface area contributed by atoms with E-state index < -0.39 is 6.61 Å². The van der Waals surface area contributed by atoms with Crippen molar-refractivity contribution in [2.75, 3.05) is 19.0 Å². The Morgan fingerprint density at radius 3 is 2.50 bits per heavy atom. The third-order valence-electron chi connectivity index (χ3n) is 4.37. The molecule has 1 aliphatic carbocycles. The van der Waals surface area contributed by atoms with E-state index in [2.05, 4.69) is 10.1 Å². The Morgan fingerprint density at radius 1 is 1.18 bits per heavy atom. The van der Waals surface area contributed by atoms with E-state index in [1.807, 2.05) is 4.90 Å². The molecule has 0 spiro atoms. The predicted octanol–water partition coefficient (Wildman–Crippen LogP) is 4.04. The molecule has 8 heteroatoms. The van der Waals surface area contributed by atoms with Crippen molar-refractivity contribution in [3.05, 3.63) is 53.8 Å². The van der Waals surface area contributed by atoms with Crippen LogP contribution >= 0.6 is 0 Å². The van der Waals surface area contributed by atoms with Crippen molar-refractivity contribution in [1.29, 1.82) is 0 Å². The number of hydrogen-bond acceptors (Lipinski definition) is 4. The van der Waals surface area contributed by atoms with E-state index in [1.54, 1.807) is 12.1 Å². The molecule has 0 atom stereocenters. The zero-order valence-corrected chi connectivity index (χ0v) is 15.3. The molecule has 2 aromatic carbocycles. The molecule has 1 fully saturated rings. The number of hydrogen-bond donors (Lipinski definition) is 1. The van der Waals surface area contributed by atoms with E-state index >= 15 is 0 Å². The topological polar surface area (TPSA) is 50.8 Å². The van der Waals surface area contributed by atoms with Crippen LogP contribution in [0.5, 0.6) is 11.5 Å². The van der Waals surface area contributed by atoms with Crippen molar-refractivity contribution in [3.8, 4) is 11.5 Å². The van der Waals surface area contributed by atoms with Crippen LogP contribution in [0.15, 0.2) is 42.5 Å². The van der Waals surface area contributed by atoms with Gasteiger partial charge in [0, 0.05) is 18.3 Å². The highest BCUT2D eigenvalue weighted by Crippen LogP contribution is 2.32. The minimum Gasteiger partial charge on any atom is -0.493 e. The van der Waals surface area contributed by atoms with Gasteiger partial charge >= 0.3 is 6.61 Å². The summed E-state index contributed by atoms with van der Waals surface area (Å²) in [6, 6.07) is 10.6. The lowest BCUT2D eigenvalue weighted by Gasteiger charge is -2.22. The van der Waals surface area contributed by atoms with E-state index in [0.717, 1.165) is 18.4 Å². The van der Waals surface area contributed by atoms with Crippen LogP contribution in [0, 0.1) is 5.82 Å². The average molecular weight is 394 g/mol. The summed E-state index contributed by atoms with van der Waals surface area (Å²) in [4.78, 5) is 14.4. The zero-order chi connectivity index (χ0) is 20.1. The van der Waals surface area contributed by atoms with Gasteiger partial charge in [0.05, 0.1) is 13.7 Å². The molecule has 28 heavy (non-hydrogen) atoms. The van der Waals surface area contributed by atoms with E-state index in [1.165, 1.54) is 37.4 Å². The third-order valence-corrected chi connectivity index (χ3v) is 4.37. The molecule has 5 nitrogen and oxygen atoms in total. The summed E-state index contributed by atoms with van der Waals surface area (Å²) in [6.45, 7) is -2.30. The normalized spacial score (nSPS) is 13.6. The molecule has 150 valence electrons. The Bertz CT molecular complexity index is 811. The summed E-state index contributed by atoms with van der Waals surface area (Å²) < 4.78 is 47.4. The summed E-state index contributed by atoms with van der Waals surface area (Å²) in [5.74, 6) is -0.397. The maximum absolute atomic E-state index is 13.0. The van der Waals surface area contributed by atoms with Gasteiger partial charge in [0.25, 0.3) is 0 Å². The maximum Gasteiger partial charge on any atom is 0.387 e. The highest BCUT2D eigenvalue weighted by atomic mass is 19.3. The zero-order valence-electron chi connectivity index (χ0n) is 15.3. The quantitative estimate of drug-likeness (QED) is 0.698. The molecule has 0 unspecified atom stereocenters. The van der Waals surface area contributed by atoms with Crippen molar-refractivity contribution in [2.45, 2.75) is 32.0 Å². The lowest BCUT2D eigenvalue weighted by atomic mass is 10.2. The Morgan fingerprint density at radius 2 is 1.89 bits per heavy atom. The van der Waals surface area contributed by atoms with Gasteiger partial charge in [-0.25, -0.2) is 4.39 Å². The second-order valence-electron chi connectivity index (χ2n) is 6.55. The molecule has 1 N–H and O–H groups in total. The number of nitrogens with one attached hydrogen (secondary N) is 1. The lowest BCUT2D eigenvalue weighted by molar-refractivity contribution is -0.117. The maximum atomic E-state index is 13.0. The molecule has 0 saturated heterocycles. The first-order valence-electron chi connectivity index (χ1n) is 8.86. The van der Waals surface area contributed by atoms with Gasteiger partial charge in [-0.2, -0.15) is 8.78 Å². The number of methoxy groups -OCH3 is 1. The highest BCUT2D eigenvalue weighted by Gasteiger charge is 2.30. The molecule has 2 aromatic rings. The first-order chi connectivity index (χ1) is 13.4. The number of ether oxygens (including phenoxy) is 2. The van der Waals surface area contributed by atoms with Gasteiger partial charge in [-0.3, -0.25) is 9.69 Å². The molecule has 0 heterocycles. The molecule has 0 radical (unpaired) electrons. The fourth-order valence-electron chi connectivity index (χ4n) is 2.91. The summed E-state index contributed by atoms with van der Waals surface area (Å²) in [6.07, 6.45) is 1.99. The summed E-state index contributed by atoms with van der Waals surface area (Å²) in [7, 11) is 1.38. The first kappa shape index (κ1) is 20.0. The Hall–Kier alpha value is -2.74. The van der Waals surface area contributed by atoms with E-state index in [-0.39, 0.29) is 29.8 Å². The van der Waals surface area contributed by atoms with Crippen LogP contribution in [0.4, 0.5) is 18.9 Å². The Balaban J connectivity index is 1.64. The number of nitrogens with zero attached hydrogens (tertiary/aromatic N) is 1.